The Morgan fingerprint density at radius 1 is 1.35 bits per heavy atom. The highest BCUT2D eigenvalue weighted by Gasteiger charge is 2.09. The van der Waals surface area contributed by atoms with E-state index in [-0.39, 0.29) is 13.2 Å². The second kappa shape index (κ2) is 5.89. The summed E-state index contributed by atoms with van der Waals surface area (Å²) in [5.74, 6) is -1.77. The first kappa shape index (κ1) is 13.0. The molecule has 0 aromatic heterocycles. The molecule has 1 aromatic carbocycles. The van der Waals surface area contributed by atoms with Crippen molar-refractivity contribution in [3.8, 4) is 5.75 Å². The first-order valence-electron chi connectivity index (χ1n) is 5.22. The third kappa shape index (κ3) is 4.14. The third-order valence-electron chi connectivity index (χ3n) is 2.17. The van der Waals surface area contributed by atoms with Crippen LogP contribution in [0.3, 0.4) is 0 Å². The third-order valence-corrected chi connectivity index (χ3v) is 2.17. The number of hydrogen-bond donors (Lipinski definition) is 2. The van der Waals surface area contributed by atoms with Crippen LogP contribution < -0.4 is 10.1 Å². The van der Waals surface area contributed by atoms with Gasteiger partial charge < -0.3 is 15.2 Å². The summed E-state index contributed by atoms with van der Waals surface area (Å²) in [6, 6.07) is 5.77. The molecule has 0 saturated heterocycles. The zero-order chi connectivity index (χ0) is 12.8. The van der Waals surface area contributed by atoms with Crippen LogP contribution in [0, 0.1) is 13.8 Å². The van der Waals surface area contributed by atoms with Crippen molar-refractivity contribution in [1.82, 2.24) is 5.32 Å². The Balaban J connectivity index is 2.36. The summed E-state index contributed by atoms with van der Waals surface area (Å²) in [7, 11) is 0. The number of ether oxygens (including phenoxy) is 1. The number of aliphatic carboxylic acids is 1. The highest BCUT2D eigenvalue weighted by Crippen LogP contribution is 2.18. The van der Waals surface area contributed by atoms with Gasteiger partial charge in [0.2, 0.25) is 0 Å². The number of carbonyl (C=O) groups excluding carboxylic acids is 1. The standard InChI is InChI=1S/C12H15NO4/c1-8-3-4-10(9(2)7-8)17-6-5-13-11(14)12(15)16/h3-4,7H,5-6H2,1-2H3,(H,13,14)(H,15,16). The number of rotatable bonds is 4. The van der Waals surface area contributed by atoms with E-state index in [0.29, 0.717) is 0 Å². The predicted molar refractivity (Wildman–Crippen MR) is 62.1 cm³/mol. The Morgan fingerprint density at radius 3 is 2.65 bits per heavy atom. The van der Waals surface area contributed by atoms with E-state index < -0.39 is 11.9 Å². The minimum Gasteiger partial charge on any atom is -0.491 e. The van der Waals surface area contributed by atoms with Crippen LogP contribution in [0.25, 0.3) is 0 Å². The van der Waals surface area contributed by atoms with Gasteiger partial charge in [-0.1, -0.05) is 17.7 Å². The Bertz CT molecular complexity index is 429. The fourth-order valence-electron chi connectivity index (χ4n) is 1.36. The van der Waals surface area contributed by atoms with Crippen molar-refractivity contribution in [3.63, 3.8) is 0 Å². The lowest BCUT2D eigenvalue weighted by molar-refractivity contribution is -0.150. The number of carboxylic acids is 1. The predicted octanol–water partition coefficient (Wildman–Crippen LogP) is 0.883. The molecule has 0 radical (unpaired) electrons. The zero-order valence-corrected chi connectivity index (χ0v) is 9.82. The maximum atomic E-state index is 10.7. The van der Waals surface area contributed by atoms with Crippen LogP contribution in [0.4, 0.5) is 0 Å². The Kier molecular flexibility index (Phi) is 4.51. The molecule has 0 heterocycles. The second-order valence-electron chi connectivity index (χ2n) is 3.68. The fourth-order valence-corrected chi connectivity index (χ4v) is 1.36. The lowest BCUT2D eigenvalue weighted by Crippen LogP contribution is -2.33. The summed E-state index contributed by atoms with van der Waals surface area (Å²) >= 11 is 0. The monoisotopic (exact) mass is 237 g/mol. The molecule has 1 aromatic rings. The number of carbonyl (C=O) groups is 2. The number of carboxylic acid groups (broad SMARTS) is 1. The van der Waals surface area contributed by atoms with Crippen LogP contribution in [-0.4, -0.2) is 30.1 Å². The number of aryl methyl sites for hydroxylation is 2. The van der Waals surface area contributed by atoms with Crippen molar-refractivity contribution in [2.75, 3.05) is 13.2 Å². The average Bonchev–Trinajstić information content (AvgIpc) is 2.26. The molecule has 17 heavy (non-hydrogen) atoms. The largest absolute Gasteiger partial charge is 0.491 e. The molecular formula is C12H15NO4. The van der Waals surface area contributed by atoms with E-state index in [1.807, 2.05) is 32.0 Å². The SMILES string of the molecule is Cc1ccc(OCCNC(=O)C(=O)O)c(C)c1. The van der Waals surface area contributed by atoms with Gasteiger partial charge in [-0.15, -0.1) is 0 Å². The minimum atomic E-state index is -1.49. The van der Waals surface area contributed by atoms with Crippen molar-refractivity contribution >= 4 is 11.9 Å². The van der Waals surface area contributed by atoms with E-state index in [0.717, 1.165) is 16.9 Å². The number of amides is 1. The van der Waals surface area contributed by atoms with Crippen molar-refractivity contribution in [3.05, 3.63) is 29.3 Å². The van der Waals surface area contributed by atoms with Gasteiger partial charge in [0.05, 0.1) is 6.54 Å². The molecule has 5 nitrogen and oxygen atoms in total. The minimum absolute atomic E-state index is 0.165. The smallest absolute Gasteiger partial charge is 0.394 e. The summed E-state index contributed by atoms with van der Waals surface area (Å²) in [5.41, 5.74) is 2.16. The maximum absolute atomic E-state index is 10.7. The lowest BCUT2D eigenvalue weighted by atomic mass is 10.1. The first-order chi connectivity index (χ1) is 8.00. The molecule has 0 fully saturated rings. The maximum Gasteiger partial charge on any atom is 0.394 e. The van der Waals surface area contributed by atoms with E-state index in [1.54, 1.807) is 0 Å². The number of hydrogen-bond acceptors (Lipinski definition) is 3. The lowest BCUT2D eigenvalue weighted by Gasteiger charge is -2.09. The van der Waals surface area contributed by atoms with Crippen molar-refractivity contribution in [2.24, 2.45) is 0 Å². The van der Waals surface area contributed by atoms with Crippen molar-refractivity contribution < 1.29 is 19.4 Å². The highest BCUT2D eigenvalue weighted by atomic mass is 16.5. The van der Waals surface area contributed by atoms with E-state index >= 15 is 0 Å². The van der Waals surface area contributed by atoms with Crippen LogP contribution in [0.15, 0.2) is 18.2 Å². The van der Waals surface area contributed by atoms with Crippen LogP contribution in [-0.2, 0) is 9.59 Å². The molecule has 1 rings (SSSR count). The van der Waals surface area contributed by atoms with Gasteiger partial charge in [-0.2, -0.15) is 0 Å². The molecular weight excluding hydrogens is 222 g/mol. The average molecular weight is 237 g/mol. The first-order valence-corrected chi connectivity index (χ1v) is 5.22. The summed E-state index contributed by atoms with van der Waals surface area (Å²) in [6.07, 6.45) is 0. The normalized spacial score (nSPS) is 9.76. The molecule has 0 aliphatic heterocycles. The Morgan fingerprint density at radius 2 is 2.06 bits per heavy atom. The molecule has 0 atom stereocenters. The quantitative estimate of drug-likeness (QED) is 0.602. The summed E-state index contributed by atoms with van der Waals surface area (Å²) in [6.45, 7) is 4.32. The van der Waals surface area contributed by atoms with Gasteiger partial charge in [0.25, 0.3) is 0 Å². The molecule has 0 aliphatic rings. The van der Waals surface area contributed by atoms with E-state index in [4.69, 9.17) is 9.84 Å². The second-order valence-corrected chi connectivity index (χ2v) is 3.68. The van der Waals surface area contributed by atoms with E-state index in [1.165, 1.54) is 0 Å². The summed E-state index contributed by atoms with van der Waals surface area (Å²) < 4.78 is 5.41. The highest BCUT2D eigenvalue weighted by molar-refractivity contribution is 6.31. The van der Waals surface area contributed by atoms with Crippen molar-refractivity contribution in [2.45, 2.75) is 13.8 Å². The molecule has 0 spiro atoms. The molecule has 92 valence electrons. The summed E-state index contributed by atoms with van der Waals surface area (Å²) in [5, 5.41) is 10.5. The zero-order valence-electron chi connectivity index (χ0n) is 9.82. The number of benzene rings is 1. The number of nitrogens with one attached hydrogen (secondary N) is 1. The molecule has 0 bridgehead atoms. The Labute approximate surface area is 99.4 Å². The van der Waals surface area contributed by atoms with Crippen LogP contribution in [0.5, 0.6) is 5.75 Å². The molecule has 0 unspecified atom stereocenters. The van der Waals surface area contributed by atoms with Gasteiger partial charge in [0.1, 0.15) is 12.4 Å². The van der Waals surface area contributed by atoms with Gasteiger partial charge in [-0.05, 0) is 25.5 Å². The van der Waals surface area contributed by atoms with Gasteiger partial charge in [-0.25, -0.2) is 4.79 Å². The molecule has 1 amide bonds. The fraction of sp³-hybridized carbons (Fsp3) is 0.333. The molecule has 0 aliphatic carbocycles. The molecule has 2 N–H and O–H groups in total. The molecule has 0 saturated carbocycles. The van der Waals surface area contributed by atoms with Gasteiger partial charge in [0.15, 0.2) is 0 Å². The van der Waals surface area contributed by atoms with Gasteiger partial charge in [-0.3, -0.25) is 4.79 Å². The van der Waals surface area contributed by atoms with Gasteiger partial charge >= 0.3 is 11.9 Å². The van der Waals surface area contributed by atoms with Crippen molar-refractivity contribution in [1.29, 1.82) is 0 Å². The van der Waals surface area contributed by atoms with Crippen LogP contribution in [0.1, 0.15) is 11.1 Å². The topological polar surface area (TPSA) is 75.6 Å². The Hall–Kier alpha value is -2.04. The molecule has 5 heteroatoms. The summed E-state index contributed by atoms with van der Waals surface area (Å²) in [4.78, 5) is 20.9. The van der Waals surface area contributed by atoms with E-state index in [2.05, 4.69) is 5.32 Å². The van der Waals surface area contributed by atoms with Gasteiger partial charge in [0, 0.05) is 0 Å². The van der Waals surface area contributed by atoms with Crippen LogP contribution >= 0.6 is 0 Å². The van der Waals surface area contributed by atoms with Crippen LogP contribution in [0.2, 0.25) is 0 Å². The van der Waals surface area contributed by atoms with E-state index in [9.17, 15) is 9.59 Å².